The summed E-state index contributed by atoms with van der Waals surface area (Å²) in [5.74, 6) is -0.0885. The minimum absolute atomic E-state index is 0.0885. The zero-order valence-electron chi connectivity index (χ0n) is 11.2. The molecule has 20 heavy (non-hydrogen) atoms. The van der Waals surface area contributed by atoms with E-state index in [-0.39, 0.29) is 5.75 Å². The molecule has 0 amide bonds. The van der Waals surface area contributed by atoms with E-state index in [1.54, 1.807) is 30.5 Å². The number of aryl methyl sites for hydroxylation is 1. The Morgan fingerprint density at radius 2 is 1.95 bits per heavy atom. The number of aromatic nitrogens is 1. The second-order valence-electron chi connectivity index (χ2n) is 4.64. The van der Waals surface area contributed by atoms with Gasteiger partial charge in [-0.05, 0) is 29.7 Å². The molecular formula is C14H17N3O2S. The highest BCUT2D eigenvalue weighted by Gasteiger charge is 2.12. The van der Waals surface area contributed by atoms with Gasteiger partial charge in [-0.15, -0.1) is 0 Å². The Bertz CT molecular complexity index is 699. The van der Waals surface area contributed by atoms with E-state index in [0.717, 1.165) is 11.1 Å². The van der Waals surface area contributed by atoms with Gasteiger partial charge >= 0.3 is 0 Å². The van der Waals surface area contributed by atoms with E-state index in [2.05, 4.69) is 9.71 Å². The van der Waals surface area contributed by atoms with Crippen LogP contribution in [-0.2, 0) is 22.3 Å². The maximum absolute atomic E-state index is 12.1. The molecule has 0 spiro atoms. The molecule has 0 aliphatic heterocycles. The van der Waals surface area contributed by atoms with Crippen LogP contribution >= 0.6 is 0 Å². The molecule has 0 saturated carbocycles. The Labute approximate surface area is 118 Å². The topological polar surface area (TPSA) is 85.1 Å². The first-order valence-electron chi connectivity index (χ1n) is 6.18. The second kappa shape index (κ2) is 6.02. The number of sulfonamides is 1. The molecule has 1 heterocycles. The van der Waals surface area contributed by atoms with Gasteiger partial charge in [-0.2, -0.15) is 0 Å². The first-order chi connectivity index (χ1) is 9.48. The lowest BCUT2D eigenvalue weighted by atomic mass is 10.1. The van der Waals surface area contributed by atoms with Crippen LogP contribution in [0.15, 0.2) is 42.7 Å². The Hall–Kier alpha value is -1.92. The first kappa shape index (κ1) is 14.5. The van der Waals surface area contributed by atoms with Crippen molar-refractivity contribution in [1.29, 1.82) is 0 Å². The second-order valence-corrected chi connectivity index (χ2v) is 6.36. The lowest BCUT2D eigenvalue weighted by Crippen LogP contribution is -2.15. The third-order valence-corrected chi connectivity index (χ3v) is 3.99. The van der Waals surface area contributed by atoms with Gasteiger partial charge in [0.1, 0.15) is 0 Å². The molecule has 0 bridgehead atoms. The normalized spacial score (nSPS) is 11.3. The highest BCUT2D eigenvalue weighted by atomic mass is 32.2. The predicted molar refractivity (Wildman–Crippen MR) is 79.6 cm³/mol. The summed E-state index contributed by atoms with van der Waals surface area (Å²) in [6.45, 7) is 2.25. The summed E-state index contributed by atoms with van der Waals surface area (Å²) in [7, 11) is -3.46. The van der Waals surface area contributed by atoms with Gasteiger partial charge in [-0.3, -0.25) is 9.71 Å². The quantitative estimate of drug-likeness (QED) is 0.879. The van der Waals surface area contributed by atoms with Crippen molar-refractivity contribution in [1.82, 2.24) is 4.98 Å². The number of nitrogens with zero attached hydrogens (tertiary/aromatic N) is 1. The lowest BCUT2D eigenvalue weighted by molar-refractivity contribution is 0.600. The largest absolute Gasteiger partial charge is 0.326 e. The van der Waals surface area contributed by atoms with Crippen LogP contribution in [0.25, 0.3) is 0 Å². The lowest BCUT2D eigenvalue weighted by Gasteiger charge is -2.09. The van der Waals surface area contributed by atoms with E-state index in [1.807, 2.05) is 13.0 Å². The summed E-state index contributed by atoms with van der Waals surface area (Å²) in [6, 6.07) is 8.98. The fraction of sp³-hybridized carbons (Fsp3) is 0.214. The van der Waals surface area contributed by atoms with E-state index in [1.165, 1.54) is 6.20 Å². The van der Waals surface area contributed by atoms with E-state index in [0.29, 0.717) is 17.8 Å². The summed E-state index contributed by atoms with van der Waals surface area (Å²) in [5.41, 5.74) is 8.54. The Morgan fingerprint density at radius 1 is 1.20 bits per heavy atom. The Morgan fingerprint density at radius 3 is 2.65 bits per heavy atom. The van der Waals surface area contributed by atoms with Gasteiger partial charge in [0.15, 0.2) is 0 Å². The van der Waals surface area contributed by atoms with Crippen molar-refractivity contribution in [2.75, 3.05) is 4.72 Å². The number of nitrogens with one attached hydrogen (secondary N) is 1. The van der Waals surface area contributed by atoms with Crippen LogP contribution in [-0.4, -0.2) is 13.4 Å². The van der Waals surface area contributed by atoms with Crippen LogP contribution in [0.5, 0.6) is 0 Å². The highest BCUT2D eigenvalue weighted by Crippen LogP contribution is 2.14. The number of hydrogen-bond acceptors (Lipinski definition) is 4. The molecule has 1 aromatic carbocycles. The molecule has 0 aliphatic carbocycles. The fourth-order valence-corrected chi connectivity index (χ4v) is 3.05. The number of anilines is 1. The van der Waals surface area contributed by atoms with E-state index in [4.69, 9.17) is 5.73 Å². The van der Waals surface area contributed by atoms with Gasteiger partial charge in [0.25, 0.3) is 0 Å². The molecule has 2 aromatic rings. The molecule has 0 radical (unpaired) electrons. The standard InChI is InChI=1S/C14H17N3O2S/c1-11-5-14(9-16-8-11)17-20(18,19)10-13-4-2-3-12(6-13)7-15/h2-6,8-9,17H,7,10,15H2,1H3. The summed E-state index contributed by atoms with van der Waals surface area (Å²) in [4.78, 5) is 3.96. The van der Waals surface area contributed by atoms with Crippen molar-refractivity contribution in [3.8, 4) is 0 Å². The first-order valence-corrected chi connectivity index (χ1v) is 7.84. The molecule has 2 rings (SSSR count). The third-order valence-electron chi connectivity index (χ3n) is 2.73. The van der Waals surface area contributed by atoms with E-state index >= 15 is 0 Å². The van der Waals surface area contributed by atoms with Gasteiger partial charge < -0.3 is 5.73 Å². The molecule has 0 aliphatic rings. The number of rotatable bonds is 5. The average molecular weight is 291 g/mol. The number of hydrogen-bond donors (Lipinski definition) is 2. The van der Waals surface area contributed by atoms with Crippen LogP contribution in [0.1, 0.15) is 16.7 Å². The van der Waals surface area contributed by atoms with Crippen LogP contribution in [0.2, 0.25) is 0 Å². The number of pyridine rings is 1. The van der Waals surface area contributed by atoms with Crippen LogP contribution in [0.4, 0.5) is 5.69 Å². The molecule has 3 N–H and O–H groups in total. The SMILES string of the molecule is Cc1cncc(NS(=O)(=O)Cc2cccc(CN)c2)c1. The maximum Gasteiger partial charge on any atom is 0.236 e. The van der Waals surface area contributed by atoms with Gasteiger partial charge in [-0.1, -0.05) is 24.3 Å². The smallest absolute Gasteiger partial charge is 0.236 e. The number of nitrogens with two attached hydrogens (primary N) is 1. The zero-order chi connectivity index (χ0) is 14.6. The summed E-state index contributed by atoms with van der Waals surface area (Å²) < 4.78 is 26.7. The molecule has 5 nitrogen and oxygen atoms in total. The van der Waals surface area contributed by atoms with Crippen molar-refractivity contribution in [3.05, 3.63) is 59.4 Å². The minimum atomic E-state index is -3.46. The molecule has 6 heteroatoms. The van der Waals surface area contributed by atoms with Gasteiger partial charge in [-0.25, -0.2) is 8.42 Å². The Kier molecular flexibility index (Phi) is 4.36. The predicted octanol–water partition coefficient (Wildman–Crippen LogP) is 1.79. The van der Waals surface area contributed by atoms with Crippen LogP contribution in [0, 0.1) is 6.92 Å². The van der Waals surface area contributed by atoms with Crippen LogP contribution in [0.3, 0.4) is 0 Å². The van der Waals surface area contributed by atoms with Crippen molar-refractivity contribution in [3.63, 3.8) is 0 Å². The van der Waals surface area contributed by atoms with Crippen LogP contribution < -0.4 is 10.5 Å². The van der Waals surface area contributed by atoms with Crippen molar-refractivity contribution in [2.45, 2.75) is 19.2 Å². The van der Waals surface area contributed by atoms with Gasteiger partial charge in [0.2, 0.25) is 10.0 Å². The highest BCUT2D eigenvalue weighted by molar-refractivity contribution is 7.91. The van der Waals surface area contributed by atoms with Crippen molar-refractivity contribution < 1.29 is 8.42 Å². The van der Waals surface area contributed by atoms with Gasteiger partial charge in [0, 0.05) is 12.7 Å². The maximum atomic E-state index is 12.1. The zero-order valence-corrected chi connectivity index (χ0v) is 12.0. The molecule has 1 aromatic heterocycles. The van der Waals surface area contributed by atoms with E-state index < -0.39 is 10.0 Å². The van der Waals surface area contributed by atoms with Crippen molar-refractivity contribution >= 4 is 15.7 Å². The van der Waals surface area contributed by atoms with Gasteiger partial charge in [0.05, 0.1) is 17.6 Å². The molecule has 0 fully saturated rings. The average Bonchev–Trinajstić information content (AvgIpc) is 2.37. The van der Waals surface area contributed by atoms with E-state index in [9.17, 15) is 8.42 Å². The fourth-order valence-electron chi connectivity index (χ4n) is 1.89. The minimum Gasteiger partial charge on any atom is -0.326 e. The van der Waals surface area contributed by atoms with Crippen molar-refractivity contribution in [2.24, 2.45) is 5.73 Å². The molecule has 106 valence electrons. The summed E-state index contributed by atoms with van der Waals surface area (Å²) in [6.07, 6.45) is 3.16. The molecule has 0 unspecified atom stereocenters. The molecule has 0 atom stereocenters. The Balaban J connectivity index is 2.14. The third kappa shape index (κ3) is 4.04. The monoisotopic (exact) mass is 291 g/mol. The molecular weight excluding hydrogens is 274 g/mol. The molecule has 0 saturated heterocycles. The summed E-state index contributed by atoms with van der Waals surface area (Å²) in [5, 5.41) is 0. The summed E-state index contributed by atoms with van der Waals surface area (Å²) >= 11 is 0. The number of benzene rings is 1.